The number of rotatable bonds is 6. The van der Waals surface area contributed by atoms with Crippen LogP contribution in [0.15, 0.2) is 42.6 Å². The summed E-state index contributed by atoms with van der Waals surface area (Å²) in [5.74, 6) is 0.328. The number of nitrogens with zero attached hydrogens (tertiary/aromatic N) is 2. The largest absolute Gasteiger partial charge is 0.497 e. The minimum absolute atomic E-state index is 0.293. The average molecular weight is 351 g/mol. The normalized spacial score (nSPS) is 10.6. The van der Waals surface area contributed by atoms with Crippen LogP contribution in [0.4, 0.5) is 11.4 Å². The van der Waals surface area contributed by atoms with Crippen molar-refractivity contribution in [1.82, 2.24) is 9.97 Å². The van der Waals surface area contributed by atoms with Crippen molar-refractivity contribution in [3.8, 4) is 5.75 Å². The summed E-state index contributed by atoms with van der Waals surface area (Å²) in [5, 5.41) is 3.30. The first kappa shape index (κ1) is 17.7. The van der Waals surface area contributed by atoms with E-state index < -0.39 is 5.97 Å². The Morgan fingerprint density at radius 2 is 1.88 bits per heavy atom. The van der Waals surface area contributed by atoms with E-state index in [1.807, 2.05) is 43.3 Å². The highest BCUT2D eigenvalue weighted by Gasteiger charge is 2.18. The third kappa shape index (κ3) is 3.59. The van der Waals surface area contributed by atoms with E-state index in [1.54, 1.807) is 14.0 Å². The molecule has 134 valence electrons. The molecular formula is C20H21N3O3. The Morgan fingerprint density at radius 1 is 1.12 bits per heavy atom. The second kappa shape index (κ2) is 7.82. The highest BCUT2D eigenvalue weighted by molar-refractivity contribution is 6.04. The number of aromatic nitrogens is 2. The molecule has 2 heterocycles. The number of fused-ring (bicyclic) bond motifs is 1. The molecule has 1 N–H and O–H groups in total. The van der Waals surface area contributed by atoms with Crippen LogP contribution in [0.5, 0.6) is 5.75 Å². The Morgan fingerprint density at radius 3 is 2.54 bits per heavy atom. The van der Waals surface area contributed by atoms with Crippen LogP contribution < -0.4 is 10.1 Å². The van der Waals surface area contributed by atoms with Gasteiger partial charge >= 0.3 is 5.97 Å². The summed E-state index contributed by atoms with van der Waals surface area (Å²) in [6.07, 6.45) is 2.32. The molecule has 0 saturated heterocycles. The maximum Gasteiger partial charge on any atom is 0.341 e. The van der Waals surface area contributed by atoms with Crippen LogP contribution in [0.1, 0.15) is 29.9 Å². The summed E-state index contributed by atoms with van der Waals surface area (Å²) < 4.78 is 10.4. The molecule has 2 aromatic heterocycles. The van der Waals surface area contributed by atoms with Gasteiger partial charge in [-0.25, -0.2) is 9.78 Å². The number of pyridine rings is 2. The fourth-order valence-corrected chi connectivity index (χ4v) is 2.61. The first-order valence-corrected chi connectivity index (χ1v) is 8.53. The molecule has 0 atom stereocenters. The molecule has 3 rings (SSSR count). The van der Waals surface area contributed by atoms with E-state index in [1.165, 1.54) is 6.20 Å². The third-order valence-electron chi connectivity index (χ3n) is 3.99. The van der Waals surface area contributed by atoms with E-state index in [4.69, 9.17) is 9.47 Å². The fourth-order valence-electron chi connectivity index (χ4n) is 2.61. The van der Waals surface area contributed by atoms with Crippen LogP contribution in [-0.2, 0) is 11.2 Å². The number of nitrogens with one attached hydrogen (secondary N) is 1. The number of methoxy groups -OCH3 is 1. The summed E-state index contributed by atoms with van der Waals surface area (Å²) in [7, 11) is 1.62. The van der Waals surface area contributed by atoms with Gasteiger partial charge in [0.05, 0.1) is 24.9 Å². The Labute approximate surface area is 152 Å². The van der Waals surface area contributed by atoms with Crippen molar-refractivity contribution >= 4 is 28.4 Å². The van der Waals surface area contributed by atoms with Crippen molar-refractivity contribution in [3.05, 3.63) is 53.9 Å². The fraction of sp³-hybridized carbons (Fsp3) is 0.250. The SMILES string of the molecule is CCOC(=O)c1cnc2ccc(CC)nc2c1Nc1ccc(OC)cc1. The Hall–Kier alpha value is -3.15. The Bertz CT molecular complexity index is 923. The van der Waals surface area contributed by atoms with Crippen molar-refractivity contribution < 1.29 is 14.3 Å². The minimum atomic E-state index is -0.429. The van der Waals surface area contributed by atoms with E-state index >= 15 is 0 Å². The first-order chi connectivity index (χ1) is 12.7. The van der Waals surface area contributed by atoms with Gasteiger partial charge in [0.25, 0.3) is 0 Å². The summed E-state index contributed by atoms with van der Waals surface area (Å²) in [6.45, 7) is 4.10. The molecule has 26 heavy (non-hydrogen) atoms. The third-order valence-corrected chi connectivity index (χ3v) is 3.99. The van der Waals surface area contributed by atoms with Crippen molar-refractivity contribution in [3.63, 3.8) is 0 Å². The molecular weight excluding hydrogens is 330 g/mol. The maximum atomic E-state index is 12.4. The van der Waals surface area contributed by atoms with E-state index in [0.717, 1.165) is 23.6 Å². The van der Waals surface area contributed by atoms with Crippen LogP contribution in [-0.4, -0.2) is 29.7 Å². The predicted molar refractivity (Wildman–Crippen MR) is 101 cm³/mol. The van der Waals surface area contributed by atoms with E-state index in [2.05, 4.69) is 15.3 Å². The second-order valence-corrected chi connectivity index (χ2v) is 5.64. The molecule has 6 heteroatoms. The molecule has 0 unspecified atom stereocenters. The molecule has 0 amide bonds. The highest BCUT2D eigenvalue weighted by atomic mass is 16.5. The second-order valence-electron chi connectivity index (χ2n) is 5.64. The summed E-state index contributed by atoms with van der Waals surface area (Å²) >= 11 is 0. The van der Waals surface area contributed by atoms with Crippen molar-refractivity contribution in [2.45, 2.75) is 20.3 Å². The van der Waals surface area contributed by atoms with Gasteiger partial charge in [-0.1, -0.05) is 6.92 Å². The van der Waals surface area contributed by atoms with Crippen LogP contribution >= 0.6 is 0 Å². The van der Waals surface area contributed by atoms with Gasteiger partial charge in [-0.2, -0.15) is 0 Å². The quantitative estimate of drug-likeness (QED) is 0.674. The van der Waals surface area contributed by atoms with Gasteiger partial charge < -0.3 is 14.8 Å². The summed E-state index contributed by atoms with van der Waals surface area (Å²) in [6, 6.07) is 11.3. The van der Waals surface area contributed by atoms with Gasteiger partial charge in [0.15, 0.2) is 0 Å². The highest BCUT2D eigenvalue weighted by Crippen LogP contribution is 2.29. The summed E-state index contributed by atoms with van der Waals surface area (Å²) in [4.78, 5) is 21.4. The van der Waals surface area contributed by atoms with E-state index in [0.29, 0.717) is 28.9 Å². The number of benzene rings is 1. The first-order valence-electron chi connectivity index (χ1n) is 8.53. The predicted octanol–water partition coefficient (Wildman–Crippen LogP) is 4.12. The van der Waals surface area contributed by atoms with Crippen LogP contribution in [0.2, 0.25) is 0 Å². The zero-order valence-electron chi connectivity index (χ0n) is 15.1. The van der Waals surface area contributed by atoms with Crippen LogP contribution in [0.3, 0.4) is 0 Å². The van der Waals surface area contributed by atoms with Gasteiger partial charge in [-0.3, -0.25) is 4.98 Å². The van der Waals surface area contributed by atoms with Gasteiger partial charge in [0.2, 0.25) is 0 Å². The zero-order chi connectivity index (χ0) is 18.5. The molecule has 0 saturated carbocycles. The molecule has 0 aliphatic rings. The number of anilines is 2. The molecule has 0 bridgehead atoms. The lowest BCUT2D eigenvalue weighted by atomic mass is 10.1. The molecule has 0 aliphatic heterocycles. The van der Waals surface area contributed by atoms with Crippen LogP contribution in [0.25, 0.3) is 11.0 Å². The van der Waals surface area contributed by atoms with Crippen molar-refractivity contribution in [2.75, 3.05) is 19.0 Å². The lowest BCUT2D eigenvalue weighted by Gasteiger charge is -2.14. The molecule has 6 nitrogen and oxygen atoms in total. The standard InChI is InChI=1S/C20H21N3O3/c1-4-13-8-11-17-19(22-13)18(16(12-21-17)20(24)26-5-2)23-14-6-9-15(25-3)10-7-14/h6-12H,4-5H2,1-3H3,(H,21,23). The molecule has 0 radical (unpaired) electrons. The minimum Gasteiger partial charge on any atom is -0.497 e. The number of aryl methyl sites for hydroxylation is 1. The van der Waals surface area contributed by atoms with Crippen molar-refractivity contribution in [2.24, 2.45) is 0 Å². The molecule has 0 spiro atoms. The van der Waals surface area contributed by atoms with Gasteiger partial charge in [-0.05, 0) is 49.7 Å². The Balaban J connectivity index is 2.13. The topological polar surface area (TPSA) is 73.3 Å². The number of hydrogen-bond acceptors (Lipinski definition) is 6. The molecule has 3 aromatic rings. The van der Waals surface area contributed by atoms with Gasteiger partial charge in [-0.15, -0.1) is 0 Å². The number of carbonyl (C=O) groups is 1. The number of esters is 1. The lowest BCUT2D eigenvalue weighted by Crippen LogP contribution is -2.10. The smallest absolute Gasteiger partial charge is 0.341 e. The number of carbonyl (C=O) groups excluding carboxylic acids is 1. The van der Waals surface area contributed by atoms with E-state index in [9.17, 15) is 4.79 Å². The zero-order valence-corrected chi connectivity index (χ0v) is 15.1. The lowest BCUT2D eigenvalue weighted by molar-refractivity contribution is 0.0527. The average Bonchev–Trinajstić information content (AvgIpc) is 2.68. The maximum absolute atomic E-state index is 12.4. The van der Waals surface area contributed by atoms with Crippen LogP contribution in [0, 0.1) is 0 Å². The number of ether oxygens (including phenoxy) is 2. The van der Waals surface area contributed by atoms with Gasteiger partial charge in [0.1, 0.15) is 16.8 Å². The van der Waals surface area contributed by atoms with Gasteiger partial charge in [0, 0.05) is 17.6 Å². The summed E-state index contributed by atoms with van der Waals surface area (Å²) in [5.41, 5.74) is 4.05. The Kier molecular flexibility index (Phi) is 5.31. The van der Waals surface area contributed by atoms with Crippen molar-refractivity contribution in [1.29, 1.82) is 0 Å². The van der Waals surface area contributed by atoms with E-state index in [-0.39, 0.29) is 0 Å². The molecule has 0 aliphatic carbocycles. The molecule has 0 fully saturated rings. The monoisotopic (exact) mass is 351 g/mol. The molecule has 1 aromatic carbocycles. The number of hydrogen-bond donors (Lipinski definition) is 1.